The molecule has 1 atom stereocenters. The van der Waals surface area contributed by atoms with Crippen LogP contribution in [0.5, 0.6) is 0 Å². The van der Waals surface area contributed by atoms with E-state index < -0.39 is 11.8 Å². The highest BCUT2D eigenvalue weighted by atomic mass is 16.7. The Hall–Kier alpha value is -1.21. The van der Waals surface area contributed by atoms with E-state index in [4.69, 9.17) is 0 Å². The summed E-state index contributed by atoms with van der Waals surface area (Å²) in [6.45, 7) is -0.0228. The van der Waals surface area contributed by atoms with E-state index in [0.29, 0.717) is 0 Å². The number of hydrogen-bond donors (Lipinski definition) is 1. The molecule has 0 aliphatic heterocycles. The molecule has 0 amide bonds. The van der Waals surface area contributed by atoms with Gasteiger partial charge in [-0.3, -0.25) is 0 Å². The summed E-state index contributed by atoms with van der Waals surface area (Å²) >= 11 is 0. The summed E-state index contributed by atoms with van der Waals surface area (Å²) in [5.41, 5.74) is -0.865. The number of aliphatic hydroxyl groups is 1. The van der Waals surface area contributed by atoms with E-state index in [2.05, 4.69) is 21.3 Å². The molecule has 0 aromatic carbocycles. The summed E-state index contributed by atoms with van der Waals surface area (Å²) in [6, 6.07) is 0. The second-order valence-corrected chi connectivity index (χ2v) is 5.25. The Kier molecular flexibility index (Phi) is 3.82. The van der Waals surface area contributed by atoms with E-state index in [0.717, 1.165) is 25.7 Å². The normalized spacial score (nSPS) is 28.8. The molecule has 0 heterocycles. The molecular formula is C14H20O4. The number of methoxy groups -OCH3 is 1. The van der Waals surface area contributed by atoms with Gasteiger partial charge in [0.15, 0.2) is 6.61 Å². The van der Waals surface area contributed by atoms with Gasteiger partial charge in [0.25, 0.3) is 0 Å². The van der Waals surface area contributed by atoms with E-state index in [9.17, 15) is 9.90 Å². The lowest BCUT2D eigenvalue weighted by Crippen LogP contribution is -2.57. The smallest absolute Gasteiger partial charge is 0.438 e. The largest absolute Gasteiger partial charge is 0.508 e. The standard InChI is InChI=1S/C14H20O4/c1-17-12(15)18-11-5-8-14(16)10-9-13(14)6-3-2-4-7-13/h16H,2-4,6-7,9-11H2,1H3. The summed E-state index contributed by atoms with van der Waals surface area (Å²) in [5.74, 6) is 5.65. The molecule has 0 saturated heterocycles. The van der Waals surface area contributed by atoms with Crippen LogP contribution in [0, 0.1) is 17.3 Å². The molecule has 2 aliphatic rings. The number of carbonyl (C=O) groups is 1. The van der Waals surface area contributed by atoms with Crippen molar-refractivity contribution in [2.45, 2.75) is 50.5 Å². The van der Waals surface area contributed by atoms with Gasteiger partial charge in [-0.05, 0) is 25.7 Å². The predicted molar refractivity (Wildman–Crippen MR) is 65.8 cm³/mol. The third kappa shape index (κ3) is 2.32. The second kappa shape index (κ2) is 5.19. The van der Waals surface area contributed by atoms with Crippen LogP contribution in [0.4, 0.5) is 4.79 Å². The Balaban J connectivity index is 1.91. The molecule has 100 valence electrons. The van der Waals surface area contributed by atoms with E-state index in [1.165, 1.54) is 26.4 Å². The zero-order chi connectivity index (χ0) is 13.1. The zero-order valence-electron chi connectivity index (χ0n) is 10.8. The Morgan fingerprint density at radius 2 is 1.94 bits per heavy atom. The third-order valence-electron chi connectivity index (χ3n) is 4.38. The first-order valence-electron chi connectivity index (χ1n) is 6.55. The molecule has 2 fully saturated rings. The fourth-order valence-electron chi connectivity index (χ4n) is 3.14. The van der Waals surface area contributed by atoms with Gasteiger partial charge in [-0.25, -0.2) is 4.79 Å². The minimum Gasteiger partial charge on any atom is -0.438 e. The summed E-state index contributed by atoms with van der Waals surface area (Å²) in [5, 5.41) is 10.6. The van der Waals surface area contributed by atoms with Crippen LogP contribution < -0.4 is 0 Å². The maximum absolute atomic E-state index is 10.7. The van der Waals surface area contributed by atoms with Crippen LogP contribution in [-0.4, -0.2) is 30.6 Å². The average molecular weight is 252 g/mol. The second-order valence-electron chi connectivity index (χ2n) is 5.25. The molecule has 0 aromatic heterocycles. The fourth-order valence-corrected chi connectivity index (χ4v) is 3.14. The highest BCUT2D eigenvalue weighted by Gasteiger charge is 2.57. The van der Waals surface area contributed by atoms with E-state index in [1.54, 1.807) is 0 Å². The minimum atomic E-state index is -0.868. The van der Waals surface area contributed by atoms with Gasteiger partial charge >= 0.3 is 6.16 Å². The van der Waals surface area contributed by atoms with Crippen LogP contribution in [-0.2, 0) is 9.47 Å². The van der Waals surface area contributed by atoms with E-state index in [-0.39, 0.29) is 12.0 Å². The number of hydrogen-bond acceptors (Lipinski definition) is 4. The quantitative estimate of drug-likeness (QED) is 0.574. The Labute approximate surface area is 108 Å². The molecule has 18 heavy (non-hydrogen) atoms. The molecule has 4 heteroatoms. The van der Waals surface area contributed by atoms with Crippen molar-refractivity contribution in [3.63, 3.8) is 0 Å². The number of ether oxygens (including phenoxy) is 2. The van der Waals surface area contributed by atoms with Crippen LogP contribution in [0.15, 0.2) is 0 Å². The van der Waals surface area contributed by atoms with Crippen molar-refractivity contribution in [3.8, 4) is 11.8 Å². The van der Waals surface area contributed by atoms with Crippen molar-refractivity contribution in [2.75, 3.05) is 13.7 Å². The Bertz CT molecular complexity index is 373. The van der Waals surface area contributed by atoms with Crippen LogP contribution in [0.2, 0.25) is 0 Å². The van der Waals surface area contributed by atoms with E-state index in [1.807, 2.05) is 0 Å². The highest BCUT2D eigenvalue weighted by Crippen LogP contribution is 2.58. The SMILES string of the molecule is COC(=O)OCC#CC1(O)CCC12CCCCC2. The van der Waals surface area contributed by atoms with Crippen molar-refractivity contribution in [2.24, 2.45) is 5.41 Å². The molecule has 0 radical (unpaired) electrons. The maximum atomic E-state index is 10.7. The summed E-state index contributed by atoms with van der Waals surface area (Å²) in [7, 11) is 1.26. The first kappa shape index (κ1) is 13.2. The first-order valence-corrected chi connectivity index (χ1v) is 6.55. The van der Waals surface area contributed by atoms with Crippen molar-refractivity contribution in [1.82, 2.24) is 0 Å². The summed E-state index contributed by atoms with van der Waals surface area (Å²) in [6.07, 6.45) is 6.82. The Morgan fingerprint density at radius 1 is 1.22 bits per heavy atom. The van der Waals surface area contributed by atoms with Gasteiger partial charge in [0.1, 0.15) is 5.60 Å². The van der Waals surface area contributed by atoms with E-state index >= 15 is 0 Å². The number of rotatable bonds is 1. The first-order chi connectivity index (χ1) is 8.62. The van der Waals surface area contributed by atoms with Crippen LogP contribution in [0.1, 0.15) is 44.9 Å². The zero-order valence-corrected chi connectivity index (χ0v) is 10.8. The van der Waals surface area contributed by atoms with Gasteiger partial charge in [-0.15, -0.1) is 0 Å². The topological polar surface area (TPSA) is 55.8 Å². The molecule has 4 nitrogen and oxygen atoms in total. The van der Waals surface area contributed by atoms with Crippen LogP contribution in [0.25, 0.3) is 0 Å². The van der Waals surface area contributed by atoms with Gasteiger partial charge in [0.05, 0.1) is 7.11 Å². The van der Waals surface area contributed by atoms with Crippen molar-refractivity contribution >= 4 is 6.16 Å². The minimum absolute atomic E-state index is 0.00349. The lowest BCUT2D eigenvalue weighted by molar-refractivity contribution is -0.141. The molecule has 1 spiro atoms. The monoisotopic (exact) mass is 252 g/mol. The molecule has 1 N–H and O–H groups in total. The highest BCUT2D eigenvalue weighted by molar-refractivity contribution is 5.59. The van der Waals surface area contributed by atoms with Crippen molar-refractivity contribution in [3.05, 3.63) is 0 Å². The van der Waals surface area contributed by atoms with Crippen LogP contribution in [0.3, 0.4) is 0 Å². The Morgan fingerprint density at radius 3 is 2.50 bits per heavy atom. The number of carbonyl (C=O) groups excluding carboxylic acids is 1. The molecular weight excluding hydrogens is 232 g/mol. The molecule has 0 aromatic rings. The molecule has 2 saturated carbocycles. The van der Waals surface area contributed by atoms with Crippen molar-refractivity contribution in [1.29, 1.82) is 0 Å². The summed E-state index contributed by atoms with van der Waals surface area (Å²) in [4.78, 5) is 10.7. The van der Waals surface area contributed by atoms with Gasteiger partial charge < -0.3 is 14.6 Å². The maximum Gasteiger partial charge on any atom is 0.508 e. The molecule has 2 rings (SSSR count). The molecule has 1 unspecified atom stereocenters. The van der Waals surface area contributed by atoms with Gasteiger partial charge in [0.2, 0.25) is 0 Å². The van der Waals surface area contributed by atoms with Gasteiger partial charge in [-0.2, -0.15) is 0 Å². The average Bonchev–Trinajstić information content (AvgIpc) is 2.42. The molecule has 0 bridgehead atoms. The third-order valence-corrected chi connectivity index (χ3v) is 4.38. The van der Waals surface area contributed by atoms with Gasteiger partial charge in [0, 0.05) is 5.41 Å². The lowest BCUT2D eigenvalue weighted by Gasteiger charge is -2.55. The summed E-state index contributed by atoms with van der Waals surface area (Å²) < 4.78 is 9.03. The van der Waals surface area contributed by atoms with Crippen LogP contribution >= 0.6 is 0 Å². The fraction of sp³-hybridized carbons (Fsp3) is 0.786. The molecule has 2 aliphatic carbocycles. The predicted octanol–water partition coefficient (Wildman–Crippen LogP) is 2.25. The van der Waals surface area contributed by atoms with Crippen molar-refractivity contribution < 1.29 is 19.4 Å². The lowest BCUT2D eigenvalue weighted by atomic mass is 9.51. The van der Waals surface area contributed by atoms with Gasteiger partial charge in [-0.1, -0.05) is 31.1 Å².